The highest BCUT2D eigenvalue weighted by Crippen LogP contribution is 2.16. The molecule has 0 aliphatic rings. The van der Waals surface area contributed by atoms with E-state index in [9.17, 15) is 0 Å². The Hall–Kier alpha value is -1.77. The molecule has 3 heteroatoms. The first-order valence-electron chi connectivity index (χ1n) is 4.56. The third-order valence-corrected chi connectivity index (χ3v) is 2.25. The van der Waals surface area contributed by atoms with Gasteiger partial charge in [0.25, 0.3) is 0 Å². The SMILES string of the molecule is Cc1ccccc1-n1nc(N)cc1C. The van der Waals surface area contributed by atoms with Crippen LogP contribution < -0.4 is 5.73 Å². The first-order valence-corrected chi connectivity index (χ1v) is 4.56. The first kappa shape index (κ1) is 8.81. The summed E-state index contributed by atoms with van der Waals surface area (Å²) in [7, 11) is 0. The van der Waals surface area contributed by atoms with Gasteiger partial charge in [-0.15, -0.1) is 0 Å². The van der Waals surface area contributed by atoms with Crippen molar-refractivity contribution in [2.45, 2.75) is 13.8 Å². The van der Waals surface area contributed by atoms with Gasteiger partial charge in [-0.25, -0.2) is 4.68 Å². The van der Waals surface area contributed by atoms with E-state index in [2.05, 4.69) is 18.1 Å². The minimum atomic E-state index is 0.561. The molecule has 72 valence electrons. The van der Waals surface area contributed by atoms with E-state index in [1.165, 1.54) is 5.56 Å². The number of benzene rings is 1. The predicted molar refractivity (Wildman–Crippen MR) is 57.5 cm³/mol. The highest BCUT2D eigenvalue weighted by atomic mass is 15.3. The van der Waals surface area contributed by atoms with Gasteiger partial charge >= 0.3 is 0 Å². The number of hydrogen-bond donors (Lipinski definition) is 1. The van der Waals surface area contributed by atoms with Crippen LogP contribution in [0.5, 0.6) is 0 Å². The molecule has 14 heavy (non-hydrogen) atoms. The van der Waals surface area contributed by atoms with Crippen LogP contribution in [0.25, 0.3) is 5.69 Å². The van der Waals surface area contributed by atoms with Gasteiger partial charge in [-0.2, -0.15) is 5.10 Å². The van der Waals surface area contributed by atoms with Crippen molar-refractivity contribution in [1.82, 2.24) is 9.78 Å². The minimum absolute atomic E-state index is 0.561. The summed E-state index contributed by atoms with van der Waals surface area (Å²) in [6.07, 6.45) is 0. The fourth-order valence-electron chi connectivity index (χ4n) is 1.54. The Morgan fingerprint density at radius 3 is 2.50 bits per heavy atom. The molecule has 1 aromatic heterocycles. The van der Waals surface area contributed by atoms with E-state index in [0.29, 0.717) is 5.82 Å². The molecule has 0 radical (unpaired) electrons. The fraction of sp³-hybridized carbons (Fsp3) is 0.182. The van der Waals surface area contributed by atoms with E-state index in [1.54, 1.807) is 0 Å². The molecular weight excluding hydrogens is 174 g/mol. The summed E-state index contributed by atoms with van der Waals surface area (Å²) in [5.41, 5.74) is 8.97. The number of para-hydroxylation sites is 1. The lowest BCUT2D eigenvalue weighted by atomic mass is 10.2. The van der Waals surface area contributed by atoms with Gasteiger partial charge in [-0.3, -0.25) is 0 Å². The van der Waals surface area contributed by atoms with Crippen LogP contribution in [0.3, 0.4) is 0 Å². The third kappa shape index (κ3) is 1.37. The van der Waals surface area contributed by atoms with Crippen LogP contribution in [0.2, 0.25) is 0 Å². The second-order valence-electron chi connectivity index (χ2n) is 3.41. The summed E-state index contributed by atoms with van der Waals surface area (Å²) >= 11 is 0. The standard InChI is InChI=1S/C11H13N3/c1-8-5-3-4-6-10(8)14-9(2)7-11(12)13-14/h3-7H,1-2H3,(H2,12,13). The topological polar surface area (TPSA) is 43.8 Å². The largest absolute Gasteiger partial charge is 0.382 e. The molecule has 2 N–H and O–H groups in total. The number of rotatable bonds is 1. The third-order valence-electron chi connectivity index (χ3n) is 2.25. The maximum absolute atomic E-state index is 5.63. The number of hydrogen-bond acceptors (Lipinski definition) is 2. The normalized spacial score (nSPS) is 10.4. The molecular formula is C11H13N3. The zero-order chi connectivity index (χ0) is 10.1. The summed E-state index contributed by atoms with van der Waals surface area (Å²) in [5, 5.41) is 4.24. The molecule has 2 rings (SSSR count). The van der Waals surface area contributed by atoms with Gasteiger partial charge in [0.2, 0.25) is 0 Å². The second kappa shape index (κ2) is 3.18. The van der Waals surface area contributed by atoms with Crippen molar-refractivity contribution in [2.75, 3.05) is 5.73 Å². The molecule has 0 saturated heterocycles. The van der Waals surface area contributed by atoms with Gasteiger partial charge in [0.05, 0.1) is 5.69 Å². The number of nitrogens with two attached hydrogens (primary N) is 1. The Morgan fingerprint density at radius 2 is 1.93 bits per heavy atom. The van der Waals surface area contributed by atoms with Crippen molar-refractivity contribution in [3.8, 4) is 5.69 Å². The van der Waals surface area contributed by atoms with Crippen LogP contribution in [0.15, 0.2) is 30.3 Å². The van der Waals surface area contributed by atoms with Crippen molar-refractivity contribution in [2.24, 2.45) is 0 Å². The zero-order valence-electron chi connectivity index (χ0n) is 8.36. The number of nitrogen functional groups attached to an aromatic ring is 1. The summed E-state index contributed by atoms with van der Waals surface area (Å²) in [5.74, 6) is 0.561. The zero-order valence-corrected chi connectivity index (χ0v) is 8.36. The Balaban J connectivity index is 2.60. The molecule has 0 spiro atoms. The van der Waals surface area contributed by atoms with Gasteiger partial charge in [0.1, 0.15) is 5.82 Å². The number of aryl methyl sites for hydroxylation is 2. The van der Waals surface area contributed by atoms with Crippen molar-refractivity contribution in [1.29, 1.82) is 0 Å². The number of aromatic nitrogens is 2. The molecule has 0 amide bonds. The van der Waals surface area contributed by atoms with E-state index in [1.807, 2.05) is 35.9 Å². The molecule has 3 nitrogen and oxygen atoms in total. The van der Waals surface area contributed by atoms with Gasteiger partial charge in [-0.05, 0) is 25.5 Å². The Labute approximate surface area is 83.2 Å². The molecule has 1 aromatic carbocycles. The maximum Gasteiger partial charge on any atom is 0.146 e. The lowest BCUT2D eigenvalue weighted by Crippen LogP contribution is -2.01. The van der Waals surface area contributed by atoms with Crippen LogP contribution in [0.1, 0.15) is 11.3 Å². The van der Waals surface area contributed by atoms with Crippen molar-refractivity contribution >= 4 is 5.82 Å². The molecule has 0 fully saturated rings. The maximum atomic E-state index is 5.63. The number of anilines is 1. The predicted octanol–water partition coefficient (Wildman–Crippen LogP) is 2.07. The molecule has 0 unspecified atom stereocenters. The number of nitrogens with zero attached hydrogens (tertiary/aromatic N) is 2. The minimum Gasteiger partial charge on any atom is -0.382 e. The molecule has 1 heterocycles. The molecule has 0 atom stereocenters. The molecule has 2 aromatic rings. The summed E-state index contributed by atoms with van der Waals surface area (Å²) < 4.78 is 1.87. The summed E-state index contributed by atoms with van der Waals surface area (Å²) in [6.45, 7) is 4.06. The smallest absolute Gasteiger partial charge is 0.146 e. The van der Waals surface area contributed by atoms with E-state index >= 15 is 0 Å². The van der Waals surface area contributed by atoms with Crippen molar-refractivity contribution < 1.29 is 0 Å². The highest BCUT2D eigenvalue weighted by Gasteiger charge is 2.05. The van der Waals surface area contributed by atoms with Gasteiger partial charge in [0.15, 0.2) is 0 Å². The van der Waals surface area contributed by atoms with Crippen LogP contribution >= 0.6 is 0 Å². The summed E-state index contributed by atoms with van der Waals surface area (Å²) in [6, 6.07) is 9.98. The Kier molecular flexibility index (Phi) is 2.00. The van der Waals surface area contributed by atoms with Gasteiger partial charge < -0.3 is 5.73 Å². The molecule has 0 bridgehead atoms. The monoisotopic (exact) mass is 187 g/mol. The fourth-order valence-corrected chi connectivity index (χ4v) is 1.54. The lowest BCUT2D eigenvalue weighted by Gasteiger charge is -2.06. The van der Waals surface area contributed by atoms with Crippen molar-refractivity contribution in [3.05, 3.63) is 41.6 Å². The average Bonchev–Trinajstić information content (AvgIpc) is 2.46. The van der Waals surface area contributed by atoms with E-state index in [-0.39, 0.29) is 0 Å². The average molecular weight is 187 g/mol. The van der Waals surface area contributed by atoms with Crippen LogP contribution in [-0.4, -0.2) is 9.78 Å². The van der Waals surface area contributed by atoms with Crippen molar-refractivity contribution in [3.63, 3.8) is 0 Å². The van der Waals surface area contributed by atoms with Crippen LogP contribution in [0.4, 0.5) is 5.82 Å². The molecule has 0 aliphatic carbocycles. The molecule has 0 aliphatic heterocycles. The van der Waals surface area contributed by atoms with E-state index in [0.717, 1.165) is 11.4 Å². The highest BCUT2D eigenvalue weighted by molar-refractivity contribution is 5.43. The first-order chi connectivity index (χ1) is 6.68. The summed E-state index contributed by atoms with van der Waals surface area (Å²) in [4.78, 5) is 0. The molecule has 0 saturated carbocycles. The lowest BCUT2D eigenvalue weighted by molar-refractivity contribution is 0.844. The van der Waals surface area contributed by atoms with Crippen LogP contribution in [0, 0.1) is 13.8 Å². The quantitative estimate of drug-likeness (QED) is 0.742. The van der Waals surface area contributed by atoms with E-state index < -0.39 is 0 Å². The second-order valence-corrected chi connectivity index (χ2v) is 3.41. The Morgan fingerprint density at radius 1 is 1.21 bits per heavy atom. The van der Waals surface area contributed by atoms with Crippen LogP contribution in [-0.2, 0) is 0 Å². The Bertz CT molecular complexity index is 457. The van der Waals surface area contributed by atoms with Gasteiger partial charge in [0, 0.05) is 11.8 Å². The van der Waals surface area contributed by atoms with E-state index in [4.69, 9.17) is 5.73 Å². The van der Waals surface area contributed by atoms with Gasteiger partial charge in [-0.1, -0.05) is 18.2 Å².